The summed E-state index contributed by atoms with van der Waals surface area (Å²) in [4.78, 5) is 11.3. The van der Waals surface area contributed by atoms with Crippen LogP contribution in [0, 0.1) is 0 Å². The van der Waals surface area contributed by atoms with Crippen LogP contribution in [0.15, 0.2) is 200 Å². The molecule has 0 aliphatic carbocycles. The average Bonchev–Trinajstić information content (AvgIpc) is 3.83. The van der Waals surface area contributed by atoms with Gasteiger partial charge in [0.15, 0.2) is 0 Å². The van der Waals surface area contributed by atoms with Gasteiger partial charge >= 0.3 is 0 Å². The summed E-state index contributed by atoms with van der Waals surface area (Å²) in [5.74, 6) is 0.646. The Kier molecular flexibility index (Phi) is 7.40. The van der Waals surface area contributed by atoms with E-state index in [-0.39, 0.29) is 0 Å². The largest absolute Gasteiger partial charge is 0.278 e. The summed E-state index contributed by atoms with van der Waals surface area (Å²) in [7, 11) is 0. The number of rotatable bonds is 5. The van der Waals surface area contributed by atoms with E-state index in [1.54, 1.807) is 0 Å². The molecule has 12 rings (SSSR count). The van der Waals surface area contributed by atoms with Crippen molar-refractivity contribution in [2.75, 3.05) is 0 Å². The van der Waals surface area contributed by atoms with E-state index in [1.165, 1.54) is 47.3 Å². The van der Waals surface area contributed by atoms with Crippen molar-refractivity contribution in [2.45, 2.75) is 0 Å². The summed E-state index contributed by atoms with van der Waals surface area (Å²) < 4.78 is 4.79. The van der Waals surface area contributed by atoms with Crippen LogP contribution in [0.5, 0.6) is 0 Å². The van der Waals surface area contributed by atoms with E-state index in [9.17, 15) is 0 Å². The van der Waals surface area contributed by atoms with Crippen LogP contribution in [-0.2, 0) is 0 Å². The second-order valence-electron chi connectivity index (χ2n) is 14.9. The molecule has 0 bridgehead atoms. The summed E-state index contributed by atoms with van der Waals surface area (Å²) in [6.07, 6.45) is 0. The molecule has 0 unspecified atom stereocenters. The van der Waals surface area contributed by atoms with Crippen LogP contribution in [-0.4, -0.2) is 14.5 Å². The van der Waals surface area contributed by atoms with Crippen molar-refractivity contribution in [1.29, 1.82) is 0 Å². The molecule has 0 aliphatic heterocycles. The second kappa shape index (κ2) is 13.1. The lowest BCUT2D eigenvalue weighted by molar-refractivity contribution is 1.02. The highest BCUT2D eigenvalue weighted by Gasteiger charge is 2.22. The normalized spacial score (nSPS) is 11.8. The molecule has 0 aliphatic rings. The molecule has 270 valence electrons. The van der Waals surface area contributed by atoms with Gasteiger partial charge in [-0.25, -0.2) is 9.97 Å². The fourth-order valence-corrected chi connectivity index (χ4v) is 10.1. The highest BCUT2D eigenvalue weighted by Crippen LogP contribution is 2.44. The zero-order valence-corrected chi connectivity index (χ0v) is 32.1. The molecule has 0 radical (unpaired) electrons. The molecule has 0 spiro atoms. The summed E-state index contributed by atoms with van der Waals surface area (Å²) in [6, 6.07) is 72.0. The first-order valence-electron chi connectivity index (χ1n) is 19.7. The van der Waals surface area contributed by atoms with E-state index < -0.39 is 0 Å². The maximum absolute atomic E-state index is 5.71. The van der Waals surface area contributed by atoms with Gasteiger partial charge in [-0.1, -0.05) is 164 Å². The molecule has 9 aromatic carbocycles. The van der Waals surface area contributed by atoms with Gasteiger partial charge in [0.05, 0.1) is 22.2 Å². The van der Waals surface area contributed by atoms with Crippen molar-refractivity contribution >= 4 is 75.0 Å². The zero-order chi connectivity index (χ0) is 38.2. The van der Waals surface area contributed by atoms with Crippen molar-refractivity contribution in [3.8, 4) is 50.6 Å². The van der Waals surface area contributed by atoms with E-state index in [0.717, 1.165) is 61.0 Å². The lowest BCUT2D eigenvalue weighted by Crippen LogP contribution is -2.04. The summed E-state index contributed by atoms with van der Waals surface area (Å²) in [6.45, 7) is 0. The Hall–Kier alpha value is -7.40. The van der Waals surface area contributed by atoms with Gasteiger partial charge in [-0.05, 0) is 80.6 Å². The molecule has 3 heterocycles. The Balaban J connectivity index is 1.23. The van der Waals surface area contributed by atoms with E-state index in [0.29, 0.717) is 5.95 Å². The van der Waals surface area contributed by atoms with Crippen molar-refractivity contribution in [2.24, 2.45) is 0 Å². The smallest absolute Gasteiger partial charge is 0.235 e. The van der Waals surface area contributed by atoms with Crippen LogP contribution in [0.1, 0.15) is 0 Å². The zero-order valence-electron chi connectivity index (χ0n) is 31.3. The van der Waals surface area contributed by atoms with Gasteiger partial charge in [0, 0.05) is 41.9 Å². The topological polar surface area (TPSA) is 30.7 Å². The predicted molar refractivity (Wildman–Crippen MR) is 246 cm³/mol. The lowest BCUT2D eigenvalue weighted by Gasteiger charge is -2.17. The monoisotopic (exact) mass is 755 g/mol. The SMILES string of the molecule is c1ccc(-c2ccc3c4cc5ccccc5cc4n(-c4nc(-c5cccc6c5sc5ccccc56)c5cc(-c6ccccc6)c(-c6ccccc6)cc5n4)c3c2)cc1. The minimum atomic E-state index is 0.646. The molecule has 0 N–H and O–H groups in total. The Morgan fingerprint density at radius 2 is 0.983 bits per heavy atom. The highest BCUT2D eigenvalue weighted by molar-refractivity contribution is 7.26. The second-order valence-corrected chi connectivity index (χ2v) is 16.0. The van der Waals surface area contributed by atoms with Crippen molar-refractivity contribution in [3.63, 3.8) is 0 Å². The molecular formula is C54H33N3S. The lowest BCUT2D eigenvalue weighted by atomic mass is 9.91. The molecule has 0 saturated heterocycles. The maximum atomic E-state index is 5.71. The third-order valence-corrected chi connectivity index (χ3v) is 12.8. The highest BCUT2D eigenvalue weighted by atomic mass is 32.1. The molecule has 58 heavy (non-hydrogen) atoms. The molecule has 12 aromatic rings. The van der Waals surface area contributed by atoms with Gasteiger partial charge in [0.2, 0.25) is 5.95 Å². The van der Waals surface area contributed by atoms with Crippen LogP contribution in [0.25, 0.3) is 114 Å². The maximum Gasteiger partial charge on any atom is 0.235 e. The van der Waals surface area contributed by atoms with Crippen LogP contribution in [0.4, 0.5) is 0 Å². The number of nitrogens with zero attached hydrogens (tertiary/aromatic N) is 3. The molecule has 0 amide bonds. The van der Waals surface area contributed by atoms with Gasteiger partial charge in [0.1, 0.15) is 0 Å². The van der Waals surface area contributed by atoms with E-state index in [4.69, 9.17) is 9.97 Å². The van der Waals surface area contributed by atoms with E-state index in [1.807, 2.05) is 11.3 Å². The first-order valence-corrected chi connectivity index (χ1v) is 20.5. The third kappa shape index (κ3) is 5.19. The van der Waals surface area contributed by atoms with Gasteiger partial charge in [-0.3, -0.25) is 4.57 Å². The summed E-state index contributed by atoms with van der Waals surface area (Å²) in [5.41, 5.74) is 12.0. The fourth-order valence-electron chi connectivity index (χ4n) is 8.84. The van der Waals surface area contributed by atoms with Gasteiger partial charge in [0.25, 0.3) is 0 Å². The fraction of sp³-hybridized carbons (Fsp3) is 0. The quantitative estimate of drug-likeness (QED) is 0.175. The number of thiophene rings is 1. The number of hydrogen-bond acceptors (Lipinski definition) is 3. The van der Waals surface area contributed by atoms with Crippen LogP contribution in [0.3, 0.4) is 0 Å². The Morgan fingerprint density at radius 3 is 1.74 bits per heavy atom. The molecule has 0 atom stereocenters. The number of fused-ring (bicyclic) bond motifs is 8. The number of hydrogen-bond donors (Lipinski definition) is 0. The first kappa shape index (κ1) is 32.8. The molecule has 3 nitrogen and oxygen atoms in total. The van der Waals surface area contributed by atoms with Crippen LogP contribution >= 0.6 is 11.3 Å². The van der Waals surface area contributed by atoms with E-state index >= 15 is 0 Å². The molecule has 0 saturated carbocycles. The minimum Gasteiger partial charge on any atom is -0.278 e. The van der Waals surface area contributed by atoms with Crippen molar-refractivity contribution in [1.82, 2.24) is 14.5 Å². The first-order chi connectivity index (χ1) is 28.7. The third-order valence-electron chi connectivity index (χ3n) is 11.6. The van der Waals surface area contributed by atoms with Gasteiger partial charge in [-0.2, -0.15) is 0 Å². The number of aromatic nitrogens is 3. The predicted octanol–water partition coefficient (Wildman–Crippen LogP) is 14.9. The van der Waals surface area contributed by atoms with Crippen molar-refractivity contribution in [3.05, 3.63) is 200 Å². The average molecular weight is 756 g/mol. The van der Waals surface area contributed by atoms with Crippen molar-refractivity contribution < 1.29 is 0 Å². The summed E-state index contributed by atoms with van der Waals surface area (Å²) >= 11 is 1.83. The summed E-state index contributed by atoms with van der Waals surface area (Å²) in [5, 5.41) is 8.25. The van der Waals surface area contributed by atoms with E-state index in [2.05, 4.69) is 205 Å². The molecule has 0 fully saturated rings. The molecule has 3 aromatic heterocycles. The molecular weight excluding hydrogens is 723 g/mol. The Labute approximate surface area is 338 Å². The standard InChI is InChI=1S/C54H33N3S/c1-4-15-34(16-5-1)39-27-28-40-46-29-37-21-10-11-22-38(37)30-50(46)57(49(40)31-39)54-55-48-33-45(36-19-8-3-9-20-36)44(35-17-6-2-7-18-35)32-47(48)52(56-54)43-25-14-24-42-41-23-12-13-26-51(41)58-53(42)43/h1-33H. The molecule has 4 heteroatoms. The van der Waals surface area contributed by atoms with Gasteiger partial charge in [-0.15, -0.1) is 11.3 Å². The van der Waals surface area contributed by atoms with Crippen LogP contribution < -0.4 is 0 Å². The Morgan fingerprint density at radius 1 is 0.362 bits per heavy atom. The minimum absolute atomic E-state index is 0.646. The van der Waals surface area contributed by atoms with Crippen LogP contribution in [0.2, 0.25) is 0 Å². The Bertz CT molecular complexity index is 3550. The van der Waals surface area contributed by atoms with Gasteiger partial charge < -0.3 is 0 Å². The number of benzene rings is 9.